The maximum atomic E-state index is 13.3. The summed E-state index contributed by atoms with van der Waals surface area (Å²) in [6.07, 6.45) is 2.76. The SMILES string of the molecule is NC(=O)N1CCN(C[C@@H]2CCCN2C(=O)CN2CCC[C@H](NS(=O)(=O)c3cc4cc(Cl)ccc4s3)C2=O)CC1. The molecule has 3 N–H and O–H groups in total. The van der Waals surface area contributed by atoms with Gasteiger partial charge in [0.1, 0.15) is 10.3 Å². The molecule has 0 spiro atoms. The van der Waals surface area contributed by atoms with Crippen molar-refractivity contribution >= 4 is 60.9 Å². The second kappa shape index (κ2) is 11.6. The molecule has 1 aromatic carbocycles. The van der Waals surface area contributed by atoms with E-state index in [1.54, 1.807) is 29.2 Å². The summed E-state index contributed by atoms with van der Waals surface area (Å²) in [6, 6.07) is 5.47. The highest BCUT2D eigenvalue weighted by atomic mass is 35.5. The normalized spacial score (nSPS) is 23.1. The number of primary amides is 1. The minimum atomic E-state index is -3.92. The smallest absolute Gasteiger partial charge is 0.314 e. The van der Waals surface area contributed by atoms with E-state index in [4.69, 9.17) is 17.3 Å². The minimum absolute atomic E-state index is 0.0493. The van der Waals surface area contributed by atoms with Crippen LogP contribution in [0.2, 0.25) is 5.02 Å². The van der Waals surface area contributed by atoms with E-state index in [-0.39, 0.29) is 28.6 Å². The summed E-state index contributed by atoms with van der Waals surface area (Å²) in [5.74, 6) is -0.493. The number of sulfonamides is 1. The molecule has 4 heterocycles. The van der Waals surface area contributed by atoms with E-state index in [9.17, 15) is 22.8 Å². The molecule has 11 nitrogen and oxygen atoms in total. The molecule has 212 valence electrons. The Morgan fingerprint density at radius 1 is 1.05 bits per heavy atom. The number of halogens is 1. The van der Waals surface area contributed by atoms with Gasteiger partial charge in [-0.25, -0.2) is 13.2 Å². The standard InChI is InChI=1S/C25H33ClN6O5S2/c26-18-5-6-21-17(13-18)14-23(38-21)39(36,37)28-20-4-2-7-31(24(20)34)16-22(33)32-8-1-3-19(32)15-29-9-11-30(12-10-29)25(27)35/h5-6,13-14,19-20,28H,1-4,7-12,15-16H2,(H2,27,35)/t19-,20-/m0/s1. The number of piperidine rings is 1. The van der Waals surface area contributed by atoms with E-state index in [2.05, 4.69) is 9.62 Å². The Morgan fingerprint density at radius 2 is 1.79 bits per heavy atom. The van der Waals surface area contributed by atoms with E-state index in [0.717, 1.165) is 40.8 Å². The Morgan fingerprint density at radius 3 is 2.54 bits per heavy atom. The third-order valence-electron chi connectivity index (χ3n) is 7.73. The molecule has 39 heavy (non-hydrogen) atoms. The summed E-state index contributed by atoms with van der Waals surface area (Å²) in [4.78, 5) is 45.1. The van der Waals surface area contributed by atoms with Crippen molar-refractivity contribution in [1.29, 1.82) is 0 Å². The lowest BCUT2D eigenvalue weighted by molar-refractivity contribution is -0.143. The fraction of sp³-hybridized carbons (Fsp3) is 0.560. The molecule has 0 bridgehead atoms. The molecule has 5 rings (SSSR count). The van der Waals surface area contributed by atoms with Gasteiger partial charge in [0.2, 0.25) is 11.8 Å². The molecule has 0 aliphatic carbocycles. The topological polar surface area (TPSA) is 136 Å². The number of nitrogens with one attached hydrogen (secondary N) is 1. The lowest BCUT2D eigenvalue weighted by Gasteiger charge is -2.37. The number of nitrogens with zero attached hydrogens (tertiary/aromatic N) is 4. The highest BCUT2D eigenvalue weighted by Crippen LogP contribution is 2.31. The summed E-state index contributed by atoms with van der Waals surface area (Å²) >= 11 is 7.16. The van der Waals surface area contributed by atoms with Gasteiger partial charge < -0.3 is 20.4 Å². The van der Waals surface area contributed by atoms with Gasteiger partial charge in [-0.15, -0.1) is 11.3 Å². The Balaban J connectivity index is 1.18. The number of urea groups is 1. The maximum Gasteiger partial charge on any atom is 0.314 e. The van der Waals surface area contributed by atoms with Crippen molar-refractivity contribution in [2.24, 2.45) is 5.73 Å². The van der Waals surface area contributed by atoms with Crippen LogP contribution >= 0.6 is 22.9 Å². The Bertz CT molecular complexity index is 1360. The van der Waals surface area contributed by atoms with E-state index in [0.29, 0.717) is 57.1 Å². The van der Waals surface area contributed by atoms with Gasteiger partial charge in [0, 0.05) is 61.6 Å². The van der Waals surface area contributed by atoms with Crippen LogP contribution in [-0.2, 0) is 19.6 Å². The predicted octanol–water partition coefficient (Wildman–Crippen LogP) is 1.51. The predicted molar refractivity (Wildman–Crippen MR) is 149 cm³/mol. The molecule has 3 aliphatic rings. The molecule has 0 unspecified atom stereocenters. The van der Waals surface area contributed by atoms with Gasteiger partial charge in [-0.1, -0.05) is 11.6 Å². The molecule has 0 saturated carbocycles. The maximum absolute atomic E-state index is 13.3. The first-order chi connectivity index (χ1) is 18.6. The van der Waals surface area contributed by atoms with Crippen LogP contribution in [0.5, 0.6) is 0 Å². The molecule has 14 heteroatoms. The molecule has 2 aromatic rings. The quantitative estimate of drug-likeness (QED) is 0.497. The van der Waals surface area contributed by atoms with E-state index < -0.39 is 22.1 Å². The third-order valence-corrected chi connectivity index (χ3v) is 11.0. The fourth-order valence-electron chi connectivity index (χ4n) is 5.63. The molecule has 4 amide bonds. The Labute approximate surface area is 236 Å². The van der Waals surface area contributed by atoms with Crippen molar-refractivity contribution in [3.05, 3.63) is 29.3 Å². The van der Waals surface area contributed by atoms with Crippen LogP contribution in [0.3, 0.4) is 0 Å². The first-order valence-corrected chi connectivity index (χ1v) is 15.8. The number of nitrogens with two attached hydrogens (primary N) is 1. The largest absolute Gasteiger partial charge is 0.351 e. The molecule has 3 saturated heterocycles. The van der Waals surface area contributed by atoms with Crippen LogP contribution in [0.25, 0.3) is 10.1 Å². The summed E-state index contributed by atoms with van der Waals surface area (Å²) in [6.45, 7) is 4.27. The number of hydrogen-bond acceptors (Lipinski definition) is 7. The van der Waals surface area contributed by atoms with Crippen molar-refractivity contribution in [2.75, 3.05) is 52.4 Å². The minimum Gasteiger partial charge on any atom is -0.351 e. The second-order valence-electron chi connectivity index (χ2n) is 10.3. The first kappa shape index (κ1) is 28.1. The molecular weight excluding hydrogens is 564 g/mol. The summed E-state index contributed by atoms with van der Waals surface area (Å²) < 4.78 is 29.7. The van der Waals surface area contributed by atoms with Gasteiger partial charge in [0.15, 0.2) is 0 Å². The lowest BCUT2D eigenvalue weighted by atomic mass is 10.1. The zero-order chi connectivity index (χ0) is 27.7. The number of amides is 4. The average Bonchev–Trinajstić information content (AvgIpc) is 3.54. The number of benzene rings is 1. The number of piperazine rings is 1. The van der Waals surface area contributed by atoms with Gasteiger partial charge in [-0.05, 0) is 55.3 Å². The summed E-state index contributed by atoms with van der Waals surface area (Å²) in [5, 5.41) is 1.25. The molecular formula is C25H33ClN6O5S2. The summed E-state index contributed by atoms with van der Waals surface area (Å²) in [7, 11) is -3.92. The van der Waals surface area contributed by atoms with Crippen LogP contribution in [-0.4, -0.2) is 110 Å². The molecule has 3 aliphatic heterocycles. The number of thiophene rings is 1. The summed E-state index contributed by atoms with van der Waals surface area (Å²) in [5.41, 5.74) is 5.37. The molecule has 3 fully saturated rings. The van der Waals surface area contributed by atoms with Crippen LogP contribution in [0.4, 0.5) is 4.79 Å². The number of likely N-dealkylation sites (tertiary alicyclic amines) is 2. The van der Waals surface area contributed by atoms with Crippen molar-refractivity contribution in [2.45, 2.75) is 42.0 Å². The molecule has 2 atom stereocenters. The molecule has 0 radical (unpaired) electrons. The van der Waals surface area contributed by atoms with Gasteiger partial charge in [0.25, 0.3) is 10.0 Å². The van der Waals surface area contributed by atoms with Crippen LogP contribution in [0.15, 0.2) is 28.5 Å². The van der Waals surface area contributed by atoms with Gasteiger partial charge >= 0.3 is 6.03 Å². The van der Waals surface area contributed by atoms with Crippen molar-refractivity contribution in [3.8, 4) is 0 Å². The average molecular weight is 597 g/mol. The van der Waals surface area contributed by atoms with E-state index >= 15 is 0 Å². The van der Waals surface area contributed by atoms with Gasteiger partial charge in [-0.3, -0.25) is 14.5 Å². The fourth-order valence-corrected chi connectivity index (χ4v) is 8.43. The number of carbonyl (C=O) groups excluding carboxylic acids is 3. The highest BCUT2D eigenvalue weighted by molar-refractivity contribution is 7.91. The van der Waals surface area contributed by atoms with Crippen molar-refractivity contribution < 1.29 is 22.8 Å². The van der Waals surface area contributed by atoms with Crippen LogP contribution in [0, 0.1) is 0 Å². The third kappa shape index (κ3) is 6.32. The first-order valence-electron chi connectivity index (χ1n) is 13.2. The molecule has 1 aromatic heterocycles. The zero-order valence-corrected chi connectivity index (χ0v) is 23.9. The van der Waals surface area contributed by atoms with Crippen molar-refractivity contribution in [1.82, 2.24) is 24.3 Å². The number of rotatable bonds is 7. The number of hydrogen-bond donors (Lipinski definition) is 2. The van der Waals surface area contributed by atoms with Crippen molar-refractivity contribution in [3.63, 3.8) is 0 Å². The highest BCUT2D eigenvalue weighted by Gasteiger charge is 2.37. The number of carbonyl (C=O) groups is 3. The van der Waals surface area contributed by atoms with Gasteiger partial charge in [0.05, 0.1) is 6.54 Å². The van der Waals surface area contributed by atoms with Crippen LogP contribution in [0.1, 0.15) is 25.7 Å². The monoisotopic (exact) mass is 596 g/mol. The van der Waals surface area contributed by atoms with E-state index in [1.165, 1.54) is 4.90 Å². The second-order valence-corrected chi connectivity index (χ2v) is 13.8. The van der Waals surface area contributed by atoms with Gasteiger partial charge in [-0.2, -0.15) is 4.72 Å². The van der Waals surface area contributed by atoms with E-state index in [1.807, 2.05) is 4.90 Å². The Hall–Kier alpha value is -2.45. The lowest BCUT2D eigenvalue weighted by Crippen LogP contribution is -2.56. The zero-order valence-electron chi connectivity index (χ0n) is 21.6. The van der Waals surface area contributed by atoms with Crippen LogP contribution < -0.4 is 10.5 Å². The Kier molecular flexibility index (Phi) is 8.34. The number of fused-ring (bicyclic) bond motifs is 1.